The van der Waals surface area contributed by atoms with Crippen molar-refractivity contribution in [1.29, 1.82) is 0 Å². The van der Waals surface area contributed by atoms with E-state index in [4.69, 9.17) is 9.47 Å². The van der Waals surface area contributed by atoms with Gasteiger partial charge >= 0.3 is 5.97 Å². The van der Waals surface area contributed by atoms with E-state index < -0.39 is 28.4 Å². The van der Waals surface area contributed by atoms with Crippen molar-refractivity contribution in [3.8, 4) is 5.75 Å². The van der Waals surface area contributed by atoms with Gasteiger partial charge in [0.25, 0.3) is 0 Å². The SMILES string of the molecule is COC(=O)c1c(NC(=O)CN(c2ccc(OC)cc2)S(C)(=O)=O)sc2c1CCCC2. The Kier molecular flexibility index (Phi) is 6.67. The second kappa shape index (κ2) is 9.05. The molecule has 0 bridgehead atoms. The first kappa shape index (κ1) is 22.1. The third kappa shape index (κ3) is 4.76. The molecule has 1 aliphatic carbocycles. The highest BCUT2D eigenvalue weighted by molar-refractivity contribution is 7.92. The van der Waals surface area contributed by atoms with Gasteiger partial charge in [-0.05, 0) is 55.5 Å². The summed E-state index contributed by atoms with van der Waals surface area (Å²) >= 11 is 1.35. The number of ether oxygens (including phenoxy) is 2. The summed E-state index contributed by atoms with van der Waals surface area (Å²) in [6.07, 6.45) is 4.64. The molecule has 0 unspecified atom stereocenters. The number of carbonyl (C=O) groups is 2. The Bertz CT molecular complexity index is 1040. The fourth-order valence-corrected chi connectivity index (χ4v) is 5.57. The lowest BCUT2D eigenvalue weighted by Crippen LogP contribution is -2.37. The molecule has 1 aromatic carbocycles. The molecule has 2 aromatic rings. The molecule has 0 saturated carbocycles. The van der Waals surface area contributed by atoms with Crippen LogP contribution in [0.2, 0.25) is 0 Å². The lowest BCUT2D eigenvalue weighted by Gasteiger charge is -2.22. The molecule has 162 valence electrons. The highest BCUT2D eigenvalue weighted by atomic mass is 32.2. The van der Waals surface area contributed by atoms with Gasteiger partial charge in [0.15, 0.2) is 0 Å². The summed E-state index contributed by atoms with van der Waals surface area (Å²) in [7, 11) is -0.903. The second-order valence-electron chi connectivity index (χ2n) is 6.92. The minimum atomic E-state index is -3.71. The van der Waals surface area contributed by atoms with E-state index in [1.54, 1.807) is 24.3 Å². The zero-order chi connectivity index (χ0) is 21.9. The van der Waals surface area contributed by atoms with Crippen LogP contribution in [-0.2, 0) is 32.4 Å². The van der Waals surface area contributed by atoms with Crippen LogP contribution in [0.4, 0.5) is 10.7 Å². The van der Waals surface area contributed by atoms with Crippen molar-refractivity contribution in [2.24, 2.45) is 0 Å². The first-order chi connectivity index (χ1) is 14.2. The Labute approximate surface area is 179 Å². The van der Waals surface area contributed by atoms with E-state index in [1.807, 2.05) is 0 Å². The van der Waals surface area contributed by atoms with Crippen molar-refractivity contribution in [3.05, 3.63) is 40.3 Å². The highest BCUT2D eigenvalue weighted by Gasteiger charge is 2.28. The molecule has 30 heavy (non-hydrogen) atoms. The fourth-order valence-electron chi connectivity index (χ4n) is 3.42. The van der Waals surface area contributed by atoms with Crippen LogP contribution in [0.25, 0.3) is 0 Å². The van der Waals surface area contributed by atoms with Crippen LogP contribution < -0.4 is 14.4 Å². The fraction of sp³-hybridized carbons (Fsp3) is 0.400. The summed E-state index contributed by atoms with van der Waals surface area (Å²) in [5.41, 5.74) is 1.64. The van der Waals surface area contributed by atoms with Crippen molar-refractivity contribution in [3.63, 3.8) is 0 Å². The van der Waals surface area contributed by atoms with Gasteiger partial charge in [-0.1, -0.05) is 0 Å². The number of methoxy groups -OCH3 is 2. The maximum absolute atomic E-state index is 12.8. The molecule has 1 aliphatic rings. The number of amides is 1. The molecule has 0 saturated heterocycles. The van der Waals surface area contributed by atoms with E-state index in [-0.39, 0.29) is 0 Å². The number of nitrogens with one attached hydrogen (secondary N) is 1. The van der Waals surface area contributed by atoms with Gasteiger partial charge in [0.2, 0.25) is 15.9 Å². The molecule has 0 fully saturated rings. The average Bonchev–Trinajstić information content (AvgIpc) is 3.08. The minimum absolute atomic E-state index is 0.340. The van der Waals surface area contributed by atoms with Crippen LogP contribution in [0.5, 0.6) is 5.75 Å². The van der Waals surface area contributed by atoms with Crippen molar-refractivity contribution in [2.45, 2.75) is 25.7 Å². The molecular formula is C20H24N2O6S2. The van der Waals surface area contributed by atoms with Crippen LogP contribution in [0.15, 0.2) is 24.3 Å². The number of esters is 1. The average molecular weight is 453 g/mol. The van der Waals surface area contributed by atoms with Gasteiger partial charge in [0, 0.05) is 4.88 Å². The maximum atomic E-state index is 12.8. The number of fused-ring (bicyclic) bond motifs is 1. The van der Waals surface area contributed by atoms with Gasteiger partial charge in [-0.25, -0.2) is 13.2 Å². The molecule has 1 N–H and O–H groups in total. The molecule has 0 spiro atoms. The van der Waals surface area contributed by atoms with Crippen molar-refractivity contribution < 1.29 is 27.5 Å². The van der Waals surface area contributed by atoms with Gasteiger partial charge in [0.05, 0.1) is 31.7 Å². The molecule has 10 heteroatoms. The van der Waals surface area contributed by atoms with Crippen molar-refractivity contribution in [1.82, 2.24) is 0 Å². The Balaban J connectivity index is 1.85. The summed E-state index contributed by atoms with van der Waals surface area (Å²) in [5.74, 6) is -0.469. The van der Waals surface area contributed by atoms with Gasteiger partial charge in [0.1, 0.15) is 17.3 Å². The summed E-state index contributed by atoms with van der Waals surface area (Å²) in [4.78, 5) is 26.1. The Morgan fingerprint density at radius 1 is 1.13 bits per heavy atom. The van der Waals surface area contributed by atoms with Crippen molar-refractivity contribution >= 4 is 43.9 Å². The zero-order valence-corrected chi connectivity index (χ0v) is 18.7. The predicted octanol–water partition coefficient (Wildman–Crippen LogP) is 2.83. The zero-order valence-electron chi connectivity index (χ0n) is 17.1. The molecule has 0 aliphatic heterocycles. The normalized spacial score (nSPS) is 13.3. The first-order valence-electron chi connectivity index (χ1n) is 9.39. The summed E-state index contributed by atoms with van der Waals surface area (Å²) in [5, 5.41) is 3.13. The minimum Gasteiger partial charge on any atom is -0.497 e. The van der Waals surface area contributed by atoms with Crippen LogP contribution >= 0.6 is 11.3 Å². The van der Waals surface area contributed by atoms with Crippen LogP contribution in [-0.4, -0.2) is 47.3 Å². The molecule has 1 heterocycles. The second-order valence-corrected chi connectivity index (χ2v) is 9.93. The monoisotopic (exact) mass is 452 g/mol. The molecule has 1 amide bonds. The Morgan fingerprint density at radius 3 is 2.40 bits per heavy atom. The maximum Gasteiger partial charge on any atom is 0.341 e. The lowest BCUT2D eigenvalue weighted by molar-refractivity contribution is -0.114. The number of sulfonamides is 1. The van der Waals surface area contributed by atoms with Gasteiger partial charge < -0.3 is 14.8 Å². The molecule has 0 atom stereocenters. The Hall–Kier alpha value is -2.59. The highest BCUT2D eigenvalue weighted by Crippen LogP contribution is 2.38. The van der Waals surface area contributed by atoms with Crippen LogP contribution in [0, 0.1) is 0 Å². The number of benzene rings is 1. The number of rotatable bonds is 7. The molecule has 3 rings (SSSR count). The van der Waals surface area contributed by atoms with E-state index in [9.17, 15) is 18.0 Å². The van der Waals surface area contributed by atoms with E-state index in [2.05, 4.69) is 5.32 Å². The number of thiophene rings is 1. The largest absolute Gasteiger partial charge is 0.497 e. The smallest absolute Gasteiger partial charge is 0.341 e. The molecular weight excluding hydrogens is 428 g/mol. The quantitative estimate of drug-likeness (QED) is 0.648. The number of hydrogen-bond acceptors (Lipinski definition) is 7. The predicted molar refractivity (Wildman–Crippen MR) is 116 cm³/mol. The molecule has 0 radical (unpaired) electrons. The topological polar surface area (TPSA) is 102 Å². The number of carbonyl (C=O) groups excluding carboxylic acids is 2. The third-order valence-corrected chi connectivity index (χ3v) is 7.21. The molecule has 1 aromatic heterocycles. The number of nitrogens with zero attached hydrogens (tertiary/aromatic N) is 1. The van der Waals surface area contributed by atoms with Gasteiger partial charge in [-0.3, -0.25) is 9.10 Å². The standard InChI is InChI=1S/C20H24N2O6S2/c1-27-14-10-8-13(9-11-14)22(30(3,25)26)12-17(23)21-19-18(20(24)28-2)15-6-4-5-7-16(15)29-19/h8-11H,4-7,12H2,1-3H3,(H,21,23). The first-order valence-corrected chi connectivity index (χ1v) is 12.1. The van der Waals surface area contributed by atoms with Gasteiger partial charge in [-0.15, -0.1) is 11.3 Å². The van der Waals surface area contributed by atoms with E-state index >= 15 is 0 Å². The van der Waals surface area contributed by atoms with E-state index in [0.29, 0.717) is 22.0 Å². The van der Waals surface area contributed by atoms with Crippen LogP contribution in [0.3, 0.4) is 0 Å². The van der Waals surface area contributed by atoms with E-state index in [0.717, 1.165) is 46.7 Å². The summed E-state index contributed by atoms with van der Waals surface area (Å²) in [6.45, 7) is -0.422. The summed E-state index contributed by atoms with van der Waals surface area (Å²) in [6, 6.07) is 6.37. The lowest BCUT2D eigenvalue weighted by atomic mass is 9.95. The number of anilines is 2. The van der Waals surface area contributed by atoms with Crippen molar-refractivity contribution in [2.75, 3.05) is 36.6 Å². The summed E-state index contributed by atoms with van der Waals surface area (Å²) < 4.78 is 35.6. The third-order valence-electron chi connectivity index (χ3n) is 4.86. The number of aryl methyl sites for hydroxylation is 1. The molecule has 8 nitrogen and oxygen atoms in total. The van der Waals surface area contributed by atoms with Crippen LogP contribution in [0.1, 0.15) is 33.6 Å². The Morgan fingerprint density at radius 2 is 1.80 bits per heavy atom. The van der Waals surface area contributed by atoms with Gasteiger partial charge in [-0.2, -0.15) is 0 Å². The number of hydrogen-bond donors (Lipinski definition) is 1. The van der Waals surface area contributed by atoms with E-state index in [1.165, 1.54) is 25.6 Å².